The third kappa shape index (κ3) is 6.08. The monoisotopic (exact) mass is 614 g/mol. The minimum absolute atomic E-state index is 1.11. The van der Waals surface area contributed by atoms with E-state index in [-0.39, 0.29) is 0 Å². The van der Waals surface area contributed by atoms with Crippen LogP contribution < -0.4 is 9.80 Å². The van der Waals surface area contributed by atoms with E-state index < -0.39 is 0 Å². The van der Waals surface area contributed by atoms with Crippen LogP contribution in [-0.2, 0) is 0 Å². The highest BCUT2D eigenvalue weighted by Crippen LogP contribution is 2.38. The van der Waals surface area contributed by atoms with Gasteiger partial charge in [0, 0.05) is 34.1 Å². The van der Waals surface area contributed by atoms with Gasteiger partial charge in [-0.1, -0.05) is 133 Å². The summed E-state index contributed by atoms with van der Waals surface area (Å²) in [7, 11) is 0. The van der Waals surface area contributed by atoms with E-state index in [0.717, 1.165) is 45.3 Å². The van der Waals surface area contributed by atoms with Crippen molar-refractivity contribution in [3.63, 3.8) is 0 Å². The Morgan fingerprint density at radius 3 is 0.979 bits per heavy atom. The smallest absolute Gasteiger partial charge is 0.0468 e. The number of hydrogen-bond donors (Lipinski definition) is 0. The quantitative estimate of drug-likeness (QED) is 0.157. The molecule has 0 bridgehead atoms. The van der Waals surface area contributed by atoms with E-state index in [9.17, 15) is 0 Å². The molecule has 0 N–H and O–H groups in total. The molecule has 0 saturated heterocycles. The molecule has 0 unspecified atom stereocenters. The Morgan fingerprint density at radius 2 is 0.562 bits per heavy atom. The van der Waals surface area contributed by atoms with E-state index in [1.807, 2.05) is 0 Å². The number of rotatable bonds is 8. The summed E-state index contributed by atoms with van der Waals surface area (Å²) in [6.45, 7) is 0. The Labute approximate surface area is 282 Å². The van der Waals surface area contributed by atoms with E-state index in [1.54, 1.807) is 0 Å². The molecular weight excluding hydrogens is 581 g/mol. The lowest BCUT2D eigenvalue weighted by Crippen LogP contribution is -2.09. The van der Waals surface area contributed by atoms with Gasteiger partial charge in [-0.25, -0.2) is 0 Å². The van der Waals surface area contributed by atoms with Gasteiger partial charge in [-0.15, -0.1) is 0 Å². The van der Waals surface area contributed by atoms with Gasteiger partial charge >= 0.3 is 0 Å². The molecule has 8 aromatic carbocycles. The van der Waals surface area contributed by atoms with E-state index in [1.165, 1.54) is 21.5 Å². The maximum absolute atomic E-state index is 2.34. The minimum Gasteiger partial charge on any atom is -0.311 e. The van der Waals surface area contributed by atoms with Gasteiger partial charge in [0.05, 0.1) is 0 Å². The number of fused-ring (bicyclic) bond motifs is 2. The predicted octanol–water partition coefficient (Wildman–Crippen LogP) is 13.1. The standard InChI is InChI=1S/C46H34N2/c1-3-15-41(16-4-1)47(42-17-5-2-6-18-42)43-27-21-35(22-28-43)19-20-36-23-29-44(30-24-36)48(45-31-25-37-11-7-9-13-39(37)33-45)46-32-26-38-12-8-10-14-40(38)34-46/h1-34H/b20-19+. The molecule has 228 valence electrons. The molecule has 0 spiro atoms. The van der Waals surface area contributed by atoms with Gasteiger partial charge in [0.25, 0.3) is 0 Å². The maximum atomic E-state index is 2.34. The fourth-order valence-corrected chi connectivity index (χ4v) is 6.34. The Kier molecular flexibility index (Phi) is 7.96. The zero-order valence-electron chi connectivity index (χ0n) is 26.5. The molecule has 0 aliphatic rings. The van der Waals surface area contributed by atoms with Gasteiger partial charge in [0.15, 0.2) is 0 Å². The Balaban J connectivity index is 1.08. The lowest BCUT2D eigenvalue weighted by atomic mass is 10.1. The van der Waals surface area contributed by atoms with Crippen molar-refractivity contribution in [2.24, 2.45) is 0 Å². The van der Waals surface area contributed by atoms with E-state index in [4.69, 9.17) is 0 Å². The third-order valence-corrected chi connectivity index (χ3v) is 8.78. The molecule has 0 fully saturated rings. The van der Waals surface area contributed by atoms with Crippen molar-refractivity contribution >= 4 is 67.8 Å². The van der Waals surface area contributed by atoms with Crippen LogP contribution >= 0.6 is 0 Å². The van der Waals surface area contributed by atoms with Crippen LogP contribution in [0.15, 0.2) is 194 Å². The van der Waals surface area contributed by atoms with Crippen LogP contribution in [0.1, 0.15) is 11.1 Å². The molecule has 2 heteroatoms. The average Bonchev–Trinajstić information content (AvgIpc) is 3.16. The van der Waals surface area contributed by atoms with Crippen molar-refractivity contribution in [2.75, 3.05) is 9.80 Å². The molecule has 48 heavy (non-hydrogen) atoms. The van der Waals surface area contributed by atoms with Crippen molar-refractivity contribution in [1.82, 2.24) is 0 Å². The highest BCUT2D eigenvalue weighted by atomic mass is 15.1. The maximum Gasteiger partial charge on any atom is 0.0468 e. The minimum atomic E-state index is 1.11. The second-order valence-corrected chi connectivity index (χ2v) is 11.9. The first-order valence-corrected chi connectivity index (χ1v) is 16.3. The summed E-state index contributed by atoms with van der Waals surface area (Å²) >= 11 is 0. The summed E-state index contributed by atoms with van der Waals surface area (Å²) in [5, 5.41) is 4.92. The molecule has 0 heterocycles. The fraction of sp³-hybridized carbons (Fsp3) is 0. The largest absolute Gasteiger partial charge is 0.311 e. The lowest BCUT2D eigenvalue weighted by Gasteiger charge is -2.26. The highest BCUT2D eigenvalue weighted by molar-refractivity contribution is 5.92. The average molecular weight is 615 g/mol. The van der Waals surface area contributed by atoms with Crippen molar-refractivity contribution in [1.29, 1.82) is 0 Å². The van der Waals surface area contributed by atoms with Gasteiger partial charge in [-0.2, -0.15) is 0 Å². The van der Waals surface area contributed by atoms with E-state index in [0.29, 0.717) is 0 Å². The van der Waals surface area contributed by atoms with E-state index in [2.05, 4.69) is 216 Å². The summed E-state index contributed by atoms with van der Waals surface area (Å²) in [4.78, 5) is 4.62. The fourth-order valence-electron chi connectivity index (χ4n) is 6.34. The molecule has 8 aromatic rings. The normalized spacial score (nSPS) is 11.2. The number of para-hydroxylation sites is 2. The Bertz CT molecular complexity index is 2210. The number of anilines is 6. The molecule has 8 rings (SSSR count). The van der Waals surface area contributed by atoms with Gasteiger partial charge in [-0.3, -0.25) is 0 Å². The second-order valence-electron chi connectivity index (χ2n) is 11.9. The van der Waals surface area contributed by atoms with Gasteiger partial charge < -0.3 is 9.80 Å². The van der Waals surface area contributed by atoms with Gasteiger partial charge in [0.1, 0.15) is 0 Å². The van der Waals surface area contributed by atoms with Crippen LogP contribution in [0.3, 0.4) is 0 Å². The van der Waals surface area contributed by atoms with Crippen LogP contribution in [0.2, 0.25) is 0 Å². The summed E-state index contributed by atoms with van der Waals surface area (Å²) in [5.74, 6) is 0. The van der Waals surface area contributed by atoms with Crippen LogP contribution in [0.25, 0.3) is 33.7 Å². The first kappa shape index (κ1) is 29.1. The molecule has 0 aliphatic heterocycles. The van der Waals surface area contributed by atoms with Crippen molar-refractivity contribution < 1.29 is 0 Å². The second kappa shape index (κ2) is 13.2. The molecule has 0 saturated carbocycles. The highest BCUT2D eigenvalue weighted by Gasteiger charge is 2.14. The molecule has 0 atom stereocenters. The summed E-state index contributed by atoms with van der Waals surface area (Å²) in [6, 6.07) is 69.0. The van der Waals surface area contributed by atoms with Gasteiger partial charge in [0.2, 0.25) is 0 Å². The first-order chi connectivity index (χ1) is 23.8. The van der Waals surface area contributed by atoms with Crippen LogP contribution in [0.5, 0.6) is 0 Å². The lowest BCUT2D eigenvalue weighted by molar-refractivity contribution is 1.28. The Hall–Kier alpha value is -6.38. The number of hydrogen-bond acceptors (Lipinski definition) is 2. The topological polar surface area (TPSA) is 6.48 Å². The summed E-state index contributed by atoms with van der Waals surface area (Å²) < 4.78 is 0. The first-order valence-electron chi connectivity index (χ1n) is 16.3. The predicted molar refractivity (Wildman–Crippen MR) is 206 cm³/mol. The Morgan fingerprint density at radius 1 is 0.250 bits per heavy atom. The zero-order chi connectivity index (χ0) is 32.1. The molecule has 2 nitrogen and oxygen atoms in total. The van der Waals surface area contributed by atoms with Gasteiger partial charge in [-0.05, 0) is 105 Å². The van der Waals surface area contributed by atoms with Crippen molar-refractivity contribution in [2.45, 2.75) is 0 Å². The van der Waals surface area contributed by atoms with Crippen LogP contribution in [0.4, 0.5) is 34.1 Å². The third-order valence-electron chi connectivity index (χ3n) is 8.78. The number of benzene rings is 8. The van der Waals surface area contributed by atoms with Crippen LogP contribution in [0, 0.1) is 0 Å². The summed E-state index contributed by atoms with van der Waals surface area (Å²) in [5.41, 5.74) is 9.06. The molecule has 0 amide bonds. The van der Waals surface area contributed by atoms with E-state index >= 15 is 0 Å². The molecule has 0 aliphatic carbocycles. The zero-order valence-corrected chi connectivity index (χ0v) is 26.5. The number of nitrogens with zero attached hydrogens (tertiary/aromatic N) is 2. The summed E-state index contributed by atoms with van der Waals surface area (Å²) in [6.07, 6.45) is 4.36. The SMILES string of the molecule is C(=C\c1ccc(N(c2ccc3ccccc3c2)c2ccc3ccccc3c2)cc1)/c1ccc(N(c2ccccc2)c2ccccc2)cc1. The molecule has 0 aromatic heterocycles. The van der Waals surface area contributed by atoms with Crippen molar-refractivity contribution in [3.05, 3.63) is 205 Å². The van der Waals surface area contributed by atoms with Crippen LogP contribution in [-0.4, -0.2) is 0 Å². The van der Waals surface area contributed by atoms with Crippen molar-refractivity contribution in [3.8, 4) is 0 Å². The molecular formula is C46H34N2. The molecule has 0 radical (unpaired) electrons.